The second kappa shape index (κ2) is 4.63. The lowest BCUT2D eigenvalue weighted by atomic mass is 10.1. The minimum absolute atomic E-state index is 0.0481. The number of nitro benzene ring substituents is 1. The second-order valence-electron chi connectivity index (χ2n) is 5.44. The van der Waals surface area contributed by atoms with E-state index in [1.54, 1.807) is 4.90 Å². The highest BCUT2D eigenvalue weighted by Gasteiger charge is 2.41. The maximum atomic E-state index is 12.5. The molecule has 1 saturated heterocycles. The quantitative estimate of drug-likeness (QED) is 0.515. The monoisotopic (exact) mass is 295 g/mol. The van der Waals surface area contributed by atoms with Crippen LogP contribution >= 0.6 is 11.6 Å². The van der Waals surface area contributed by atoms with Crippen molar-refractivity contribution in [3.63, 3.8) is 0 Å². The number of rotatable bonds is 2. The van der Waals surface area contributed by atoms with Crippen LogP contribution < -0.4 is 5.73 Å². The number of halogens is 1. The van der Waals surface area contributed by atoms with Gasteiger partial charge in [-0.1, -0.05) is 11.6 Å². The molecule has 3 rings (SSSR count). The zero-order chi connectivity index (χ0) is 14.4. The first kappa shape index (κ1) is 13.2. The largest absolute Gasteiger partial charge is 0.397 e. The van der Waals surface area contributed by atoms with E-state index >= 15 is 0 Å². The molecule has 1 aliphatic heterocycles. The SMILES string of the molecule is Nc1c(Cl)cc([N+](=O)[O-])cc1C(=O)N1CC2CCC1C2. The lowest BCUT2D eigenvalue weighted by Crippen LogP contribution is -2.38. The zero-order valence-electron chi connectivity index (χ0n) is 10.7. The van der Waals surface area contributed by atoms with Crippen molar-refractivity contribution in [1.82, 2.24) is 4.90 Å². The molecular formula is C13H14ClN3O3. The maximum Gasteiger partial charge on any atom is 0.271 e. The van der Waals surface area contributed by atoms with E-state index in [9.17, 15) is 14.9 Å². The minimum atomic E-state index is -0.571. The van der Waals surface area contributed by atoms with Crippen LogP contribution in [0.3, 0.4) is 0 Å². The Hall–Kier alpha value is -1.82. The summed E-state index contributed by atoms with van der Waals surface area (Å²) in [5.74, 6) is 0.305. The van der Waals surface area contributed by atoms with Crippen LogP contribution in [0.15, 0.2) is 12.1 Å². The molecule has 2 unspecified atom stereocenters. The van der Waals surface area contributed by atoms with Gasteiger partial charge in [0.2, 0.25) is 0 Å². The van der Waals surface area contributed by atoms with Crippen LogP contribution in [0, 0.1) is 16.0 Å². The number of likely N-dealkylation sites (tertiary alicyclic amines) is 1. The van der Waals surface area contributed by atoms with Gasteiger partial charge in [-0.3, -0.25) is 14.9 Å². The lowest BCUT2D eigenvalue weighted by molar-refractivity contribution is -0.384. The van der Waals surface area contributed by atoms with Gasteiger partial charge in [-0.15, -0.1) is 0 Å². The van der Waals surface area contributed by atoms with Gasteiger partial charge in [0.15, 0.2) is 0 Å². The molecule has 20 heavy (non-hydrogen) atoms. The van der Waals surface area contributed by atoms with Crippen molar-refractivity contribution in [2.45, 2.75) is 25.3 Å². The molecule has 106 valence electrons. The highest BCUT2D eigenvalue weighted by atomic mass is 35.5. The fraction of sp³-hybridized carbons (Fsp3) is 0.462. The molecule has 2 aliphatic rings. The van der Waals surface area contributed by atoms with Gasteiger partial charge in [0, 0.05) is 24.7 Å². The molecule has 2 atom stereocenters. The molecule has 2 fully saturated rings. The smallest absolute Gasteiger partial charge is 0.271 e. The average molecular weight is 296 g/mol. The summed E-state index contributed by atoms with van der Waals surface area (Å²) in [7, 11) is 0. The zero-order valence-corrected chi connectivity index (χ0v) is 11.5. The van der Waals surface area contributed by atoms with Crippen molar-refractivity contribution < 1.29 is 9.72 Å². The molecule has 6 nitrogen and oxygen atoms in total. The molecule has 2 N–H and O–H groups in total. The summed E-state index contributed by atoms with van der Waals surface area (Å²) < 4.78 is 0. The van der Waals surface area contributed by atoms with E-state index in [0.29, 0.717) is 12.5 Å². The molecule has 2 bridgehead atoms. The van der Waals surface area contributed by atoms with Gasteiger partial charge in [0.1, 0.15) is 0 Å². The first-order valence-corrected chi connectivity index (χ1v) is 6.89. The summed E-state index contributed by atoms with van der Waals surface area (Å²) in [6.45, 7) is 0.712. The number of piperidine rings is 1. The van der Waals surface area contributed by atoms with Crippen molar-refractivity contribution in [3.05, 3.63) is 32.8 Å². The van der Waals surface area contributed by atoms with Crippen LogP contribution in [-0.4, -0.2) is 28.3 Å². The second-order valence-corrected chi connectivity index (χ2v) is 5.84. The normalized spacial score (nSPS) is 24.1. The summed E-state index contributed by atoms with van der Waals surface area (Å²) in [5, 5.41) is 10.9. The predicted octanol–water partition coefficient (Wildman–Crippen LogP) is 2.45. The molecule has 1 aromatic carbocycles. The number of hydrogen-bond donors (Lipinski definition) is 1. The first-order chi connectivity index (χ1) is 9.47. The number of amides is 1. The molecule has 0 aromatic heterocycles. The Morgan fingerprint density at radius 1 is 1.45 bits per heavy atom. The van der Waals surface area contributed by atoms with E-state index in [0.717, 1.165) is 19.3 Å². The van der Waals surface area contributed by atoms with Gasteiger partial charge in [0.25, 0.3) is 11.6 Å². The van der Waals surface area contributed by atoms with Gasteiger partial charge >= 0.3 is 0 Å². The Labute approximate surface area is 120 Å². The Bertz CT molecular complexity index is 605. The number of anilines is 1. The molecule has 0 spiro atoms. The summed E-state index contributed by atoms with van der Waals surface area (Å²) in [6.07, 6.45) is 3.17. The molecule has 1 aromatic rings. The molecule has 0 radical (unpaired) electrons. The number of fused-ring (bicyclic) bond motifs is 2. The fourth-order valence-electron chi connectivity index (χ4n) is 3.21. The minimum Gasteiger partial charge on any atom is -0.397 e. The van der Waals surface area contributed by atoms with E-state index in [-0.39, 0.29) is 33.9 Å². The van der Waals surface area contributed by atoms with Gasteiger partial charge in [-0.25, -0.2) is 0 Å². The number of nitrogens with two attached hydrogens (primary N) is 1. The molecule has 1 heterocycles. The molecule has 1 saturated carbocycles. The Morgan fingerprint density at radius 3 is 2.75 bits per heavy atom. The van der Waals surface area contributed by atoms with Crippen molar-refractivity contribution >= 4 is 28.9 Å². The standard InChI is InChI=1S/C13H14ClN3O3/c14-11-5-9(17(19)20)4-10(12(11)15)13(18)16-6-7-1-2-8(16)3-7/h4-5,7-8H,1-3,6,15H2. The van der Waals surface area contributed by atoms with Gasteiger partial charge in [-0.05, 0) is 25.2 Å². The van der Waals surface area contributed by atoms with E-state index < -0.39 is 4.92 Å². The summed E-state index contributed by atoms with van der Waals surface area (Å²) >= 11 is 5.89. The average Bonchev–Trinajstić information content (AvgIpc) is 3.03. The lowest BCUT2D eigenvalue weighted by Gasteiger charge is -2.27. The van der Waals surface area contributed by atoms with Crippen molar-refractivity contribution in [3.8, 4) is 0 Å². The third-order valence-electron chi connectivity index (χ3n) is 4.23. The number of nitro groups is 1. The van der Waals surface area contributed by atoms with Gasteiger partial charge in [0.05, 0.1) is 21.2 Å². The Kier molecular flexibility index (Phi) is 3.05. The Morgan fingerprint density at radius 2 is 2.20 bits per heavy atom. The van der Waals surface area contributed by atoms with Crippen molar-refractivity contribution in [2.75, 3.05) is 12.3 Å². The topological polar surface area (TPSA) is 89.5 Å². The molecular weight excluding hydrogens is 282 g/mol. The predicted molar refractivity (Wildman–Crippen MR) is 74.7 cm³/mol. The molecule has 1 amide bonds. The van der Waals surface area contributed by atoms with E-state index in [4.69, 9.17) is 17.3 Å². The maximum absolute atomic E-state index is 12.5. The van der Waals surface area contributed by atoms with Crippen LogP contribution in [-0.2, 0) is 0 Å². The van der Waals surface area contributed by atoms with Crippen LogP contribution in [0.4, 0.5) is 11.4 Å². The number of carbonyl (C=O) groups excluding carboxylic acids is 1. The Balaban J connectivity index is 1.97. The number of carbonyl (C=O) groups is 1. The number of non-ortho nitro benzene ring substituents is 1. The summed E-state index contributed by atoms with van der Waals surface area (Å²) in [5.41, 5.74) is 5.86. The van der Waals surface area contributed by atoms with E-state index in [2.05, 4.69) is 0 Å². The number of hydrogen-bond acceptors (Lipinski definition) is 4. The summed E-state index contributed by atoms with van der Waals surface area (Å²) in [6, 6.07) is 2.63. The highest BCUT2D eigenvalue weighted by molar-refractivity contribution is 6.34. The van der Waals surface area contributed by atoms with Crippen LogP contribution in [0.2, 0.25) is 5.02 Å². The van der Waals surface area contributed by atoms with Crippen molar-refractivity contribution in [2.24, 2.45) is 5.92 Å². The molecule has 7 heteroatoms. The third-order valence-corrected chi connectivity index (χ3v) is 4.54. The fourth-order valence-corrected chi connectivity index (χ4v) is 3.43. The number of nitrogens with zero attached hydrogens (tertiary/aromatic N) is 2. The number of nitrogen functional groups attached to an aromatic ring is 1. The van der Waals surface area contributed by atoms with Crippen molar-refractivity contribution in [1.29, 1.82) is 0 Å². The third kappa shape index (κ3) is 2.00. The van der Waals surface area contributed by atoms with Gasteiger partial charge < -0.3 is 10.6 Å². The van der Waals surface area contributed by atoms with Crippen LogP contribution in [0.5, 0.6) is 0 Å². The molecule has 1 aliphatic carbocycles. The first-order valence-electron chi connectivity index (χ1n) is 6.51. The highest BCUT2D eigenvalue weighted by Crippen LogP contribution is 2.39. The van der Waals surface area contributed by atoms with Crippen LogP contribution in [0.25, 0.3) is 0 Å². The van der Waals surface area contributed by atoms with E-state index in [1.807, 2.05) is 0 Å². The van der Waals surface area contributed by atoms with E-state index in [1.165, 1.54) is 12.1 Å². The summed E-state index contributed by atoms with van der Waals surface area (Å²) in [4.78, 5) is 24.6. The van der Waals surface area contributed by atoms with Gasteiger partial charge in [-0.2, -0.15) is 0 Å². The number of benzene rings is 1. The van der Waals surface area contributed by atoms with Crippen LogP contribution in [0.1, 0.15) is 29.6 Å².